The number of hydrogen-bond donors (Lipinski definition) is 0. The molecule has 2 fully saturated rings. The van der Waals surface area contributed by atoms with Crippen molar-refractivity contribution in [1.29, 1.82) is 0 Å². The Morgan fingerprint density at radius 2 is 1.87 bits per heavy atom. The Morgan fingerprint density at radius 3 is 2.55 bits per heavy atom. The first-order chi connectivity index (χ1) is 22.1. The van der Waals surface area contributed by atoms with E-state index >= 15 is 0 Å². The van der Waals surface area contributed by atoms with Crippen LogP contribution in [0.15, 0.2) is 42.5 Å². The molecule has 1 aromatic carbocycles. The average Bonchev–Trinajstić information content (AvgIpc) is 3.30. The highest BCUT2D eigenvalue weighted by Gasteiger charge is 2.49. The molecular formula is C32H35ClF3N5O6. The molecule has 15 heteroatoms. The number of para-hydroxylation sites is 1. The molecule has 0 unspecified atom stereocenters. The first kappa shape index (κ1) is 34.2. The van der Waals surface area contributed by atoms with Gasteiger partial charge in [0.1, 0.15) is 18.5 Å². The van der Waals surface area contributed by atoms with E-state index in [1.807, 2.05) is 4.90 Å². The topological polar surface area (TPSA) is 113 Å². The summed E-state index contributed by atoms with van der Waals surface area (Å²) in [6.45, 7) is 7.92. The van der Waals surface area contributed by atoms with Crippen molar-refractivity contribution in [2.45, 2.75) is 45.0 Å². The number of rotatable bonds is 9. The van der Waals surface area contributed by atoms with Gasteiger partial charge in [0.25, 0.3) is 5.91 Å². The lowest BCUT2D eigenvalue weighted by Crippen LogP contribution is -2.55. The predicted octanol–water partition coefficient (Wildman–Crippen LogP) is 4.00. The molecule has 0 saturated carbocycles. The van der Waals surface area contributed by atoms with Crippen molar-refractivity contribution in [1.82, 2.24) is 9.88 Å². The number of likely N-dealkylation sites (N-methyl/N-ethyl adjacent to an activating group) is 1. The third kappa shape index (κ3) is 7.23. The molecule has 3 amide bonds. The van der Waals surface area contributed by atoms with Crippen molar-refractivity contribution in [3.63, 3.8) is 0 Å². The zero-order valence-corrected chi connectivity index (χ0v) is 26.9. The number of ether oxygens (including phenoxy) is 2. The Kier molecular flexibility index (Phi) is 9.83. The van der Waals surface area contributed by atoms with Crippen LogP contribution in [0, 0.1) is 12.8 Å². The molecule has 2 atom stereocenters. The number of amides is 3. The van der Waals surface area contributed by atoms with Crippen LogP contribution in [0.25, 0.3) is 0 Å². The summed E-state index contributed by atoms with van der Waals surface area (Å²) in [5.74, 6) is -2.53. The van der Waals surface area contributed by atoms with Gasteiger partial charge >= 0.3 is 12.1 Å². The number of benzene rings is 1. The van der Waals surface area contributed by atoms with Crippen molar-refractivity contribution in [2.75, 3.05) is 61.1 Å². The van der Waals surface area contributed by atoms with Crippen molar-refractivity contribution in [2.24, 2.45) is 5.92 Å². The van der Waals surface area contributed by atoms with Crippen molar-refractivity contribution < 1.29 is 41.8 Å². The zero-order chi connectivity index (χ0) is 34.2. The Labute approximate surface area is 274 Å². The second kappa shape index (κ2) is 13.5. The van der Waals surface area contributed by atoms with E-state index in [0.717, 1.165) is 17.0 Å². The molecule has 2 saturated heterocycles. The summed E-state index contributed by atoms with van der Waals surface area (Å²) >= 11 is 6.68. The molecule has 3 aliphatic heterocycles. The monoisotopic (exact) mass is 677 g/mol. The number of alkyl halides is 3. The highest BCUT2D eigenvalue weighted by atomic mass is 35.5. The molecule has 252 valence electrons. The zero-order valence-electron chi connectivity index (χ0n) is 26.2. The minimum absolute atomic E-state index is 0.0668. The minimum atomic E-state index is -4.66. The van der Waals surface area contributed by atoms with Crippen LogP contribution >= 0.6 is 11.6 Å². The molecule has 2 aromatic rings. The normalized spacial score (nSPS) is 20.0. The van der Waals surface area contributed by atoms with Gasteiger partial charge in [0.15, 0.2) is 0 Å². The van der Waals surface area contributed by atoms with E-state index in [1.54, 1.807) is 30.1 Å². The molecule has 0 bridgehead atoms. The van der Waals surface area contributed by atoms with E-state index < -0.39 is 41.5 Å². The Morgan fingerprint density at radius 1 is 1.15 bits per heavy atom. The molecule has 0 aliphatic carbocycles. The van der Waals surface area contributed by atoms with Gasteiger partial charge in [-0.05, 0) is 37.6 Å². The smallest absolute Gasteiger partial charge is 0.416 e. The molecule has 0 radical (unpaired) electrons. The number of esters is 1. The Bertz CT molecular complexity index is 1600. The number of carbonyl (C=O) groups excluding carboxylic acids is 4. The standard InChI is InChI=1S/C32H35ClF3N5O6/c1-18(17-47-20(3)42)30(44)40-15-23(16-40)46-10-6-9-39-14-21-12-27(43)41(26-13-22(32(34,35)36)11-19(2)37-26)28(21)31(45)38(4)25-8-5-7-24(33)29(25)39/h5,7-8,11,13,21,23,28H,1,6,9-10,12,14-17H2,2-4H3/t21-,28+/m1/s1. The predicted molar refractivity (Wildman–Crippen MR) is 167 cm³/mol. The average molecular weight is 678 g/mol. The van der Waals surface area contributed by atoms with E-state index in [0.29, 0.717) is 49.1 Å². The van der Waals surface area contributed by atoms with E-state index in [2.05, 4.69) is 11.6 Å². The van der Waals surface area contributed by atoms with Gasteiger partial charge < -0.3 is 24.2 Å². The summed E-state index contributed by atoms with van der Waals surface area (Å²) in [4.78, 5) is 61.1. The van der Waals surface area contributed by atoms with Crippen molar-refractivity contribution in [3.05, 3.63) is 58.8 Å². The maximum absolute atomic E-state index is 14.0. The second-order valence-corrected chi connectivity index (χ2v) is 12.3. The van der Waals surface area contributed by atoms with Crippen LogP contribution in [0.2, 0.25) is 5.02 Å². The van der Waals surface area contributed by atoms with E-state index in [1.165, 1.54) is 18.7 Å². The fourth-order valence-corrected chi connectivity index (χ4v) is 6.45. The van der Waals surface area contributed by atoms with Crippen LogP contribution in [-0.4, -0.2) is 92.2 Å². The van der Waals surface area contributed by atoms with E-state index in [4.69, 9.17) is 21.1 Å². The summed E-state index contributed by atoms with van der Waals surface area (Å²) in [5, 5.41) is 0.403. The number of likely N-dealkylation sites (tertiary alicyclic amines) is 1. The lowest BCUT2D eigenvalue weighted by molar-refractivity contribution is -0.144. The van der Waals surface area contributed by atoms with Crippen molar-refractivity contribution >= 4 is 52.5 Å². The van der Waals surface area contributed by atoms with Crippen LogP contribution in [0.5, 0.6) is 0 Å². The number of hydrogen-bond acceptors (Lipinski definition) is 8. The molecule has 1 aromatic heterocycles. The fraction of sp³-hybridized carbons (Fsp3) is 0.469. The molecule has 11 nitrogen and oxygen atoms in total. The summed E-state index contributed by atoms with van der Waals surface area (Å²) in [7, 11) is 1.55. The lowest BCUT2D eigenvalue weighted by Gasteiger charge is -2.40. The Hall–Kier alpha value is -4.17. The van der Waals surface area contributed by atoms with Gasteiger partial charge in [-0.25, -0.2) is 4.98 Å². The van der Waals surface area contributed by atoms with Gasteiger partial charge in [0.2, 0.25) is 11.8 Å². The largest absolute Gasteiger partial charge is 0.461 e. The summed E-state index contributed by atoms with van der Waals surface area (Å²) in [5.41, 5.74) is 0.399. The van der Waals surface area contributed by atoms with Crippen LogP contribution < -0.4 is 14.7 Å². The number of aromatic nitrogens is 1. The van der Waals surface area contributed by atoms with Gasteiger partial charge in [-0.1, -0.05) is 24.2 Å². The van der Waals surface area contributed by atoms with Crippen LogP contribution in [0.3, 0.4) is 0 Å². The highest BCUT2D eigenvalue weighted by molar-refractivity contribution is 6.34. The van der Waals surface area contributed by atoms with Gasteiger partial charge in [-0.15, -0.1) is 0 Å². The minimum Gasteiger partial charge on any atom is -0.461 e. The molecule has 0 N–H and O–H groups in total. The Balaban J connectivity index is 1.29. The SMILES string of the molecule is C=C(COC(C)=O)C(=O)N1CC(OCCCN2C[C@H]3CC(=O)N(c4cc(C(F)(F)F)cc(C)n4)[C@@H]3C(=O)N(C)c3cccc(Cl)c32)C1. The number of nitrogens with zero attached hydrogens (tertiary/aromatic N) is 5. The molecule has 5 rings (SSSR count). The number of halogens is 4. The quantitative estimate of drug-likeness (QED) is 0.223. The molecule has 47 heavy (non-hydrogen) atoms. The van der Waals surface area contributed by atoms with Crippen LogP contribution in [0.4, 0.5) is 30.4 Å². The number of pyridine rings is 1. The summed E-state index contributed by atoms with van der Waals surface area (Å²) < 4.78 is 51.8. The van der Waals surface area contributed by atoms with Crippen molar-refractivity contribution in [3.8, 4) is 0 Å². The maximum atomic E-state index is 14.0. The lowest BCUT2D eigenvalue weighted by atomic mass is 9.95. The number of carbonyl (C=O) groups is 4. The second-order valence-electron chi connectivity index (χ2n) is 11.9. The first-order valence-electron chi connectivity index (χ1n) is 15.1. The highest BCUT2D eigenvalue weighted by Crippen LogP contribution is 2.43. The third-order valence-electron chi connectivity index (χ3n) is 8.44. The molecule has 3 aliphatic rings. The van der Waals surface area contributed by atoms with Crippen LogP contribution in [-0.2, 0) is 34.8 Å². The van der Waals surface area contributed by atoms with Crippen LogP contribution in [0.1, 0.15) is 31.0 Å². The number of anilines is 3. The fourth-order valence-electron chi connectivity index (χ4n) is 6.16. The number of aryl methyl sites for hydroxylation is 1. The van der Waals surface area contributed by atoms with E-state index in [-0.39, 0.29) is 48.7 Å². The summed E-state index contributed by atoms with van der Waals surface area (Å²) in [6, 6.07) is 5.76. The molecular weight excluding hydrogens is 643 g/mol. The van der Waals surface area contributed by atoms with E-state index in [9.17, 15) is 32.3 Å². The molecule has 0 spiro atoms. The first-order valence-corrected chi connectivity index (χ1v) is 15.4. The molecule has 4 heterocycles. The van der Waals surface area contributed by atoms with Gasteiger partial charge in [-0.2, -0.15) is 13.2 Å². The van der Waals surface area contributed by atoms with Gasteiger partial charge in [0.05, 0.1) is 28.1 Å². The third-order valence-corrected chi connectivity index (χ3v) is 8.74. The maximum Gasteiger partial charge on any atom is 0.416 e. The van der Waals surface area contributed by atoms with Gasteiger partial charge in [-0.3, -0.25) is 24.1 Å². The summed E-state index contributed by atoms with van der Waals surface area (Å²) in [6.07, 6.45) is -4.37. The number of fused-ring (bicyclic) bond motifs is 2. The van der Waals surface area contributed by atoms with Gasteiger partial charge in [0, 0.05) is 70.4 Å².